The first kappa shape index (κ1) is 17.0. The van der Waals surface area contributed by atoms with Crippen LogP contribution in [-0.2, 0) is 11.2 Å². The summed E-state index contributed by atoms with van der Waals surface area (Å²) in [6.45, 7) is 0.161. The molecule has 2 rings (SSSR count). The molecule has 5 heteroatoms. The lowest BCUT2D eigenvalue weighted by atomic mass is 10.1. The summed E-state index contributed by atoms with van der Waals surface area (Å²) in [5.41, 5.74) is 2.31. The second kappa shape index (κ2) is 8.33. The average molecular weight is 329 g/mol. The lowest BCUT2D eigenvalue weighted by Crippen LogP contribution is -2.28. The number of aryl methyl sites for hydroxylation is 1. The number of aliphatic hydroxyl groups is 1. The van der Waals surface area contributed by atoms with E-state index in [4.69, 9.17) is 16.9 Å². The van der Waals surface area contributed by atoms with E-state index in [0.717, 1.165) is 5.56 Å². The SMILES string of the molecule is N#Cc1ccc(CCC(=O)NCC(O)c2ccc(Cl)cc2)cc1. The molecule has 0 bridgehead atoms. The van der Waals surface area contributed by atoms with Gasteiger partial charge in [0.05, 0.1) is 17.7 Å². The average Bonchev–Trinajstić information content (AvgIpc) is 2.59. The number of nitrogens with one attached hydrogen (secondary N) is 1. The summed E-state index contributed by atoms with van der Waals surface area (Å²) in [4.78, 5) is 11.8. The fourth-order valence-corrected chi connectivity index (χ4v) is 2.23. The van der Waals surface area contributed by atoms with Crippen molar-refractivity contribution in [3.05, 3.63) is 70.2 Å². The van der Waals surface area contributed by atoms with Crippen molar-refractivity contribution in [3.8, 4) is 6.07 Å². The number of amides is 1. The van der Waals surface area contributed by atoms with Crippen molar-refractivity contribution in [2.24, 2.45) is 0 Å². The van der Waals surface area contributed by atoms with E-state index in [1.54, 1.807) is 36.4 Å². The summed E-state index contributed by atoms with van der Waals surface area (Å²) in [5.74, 6) is -0.123. The number of aliphatic hydroxyl groups excluding tert-OH is 1. The van der Waals surface area contributed by atoms with Crippen molar-refractivity contribution < 1.29 is 9.90 Å². The Labute approximate surface area is 140 Å². The highest BCUT2D eigenvalue weighted by atomic mass is 35.5. The highest BCUT2D eigenvalue weighted by molar-refractivity contribution is 6.30. The molecule has 1 unspecified atom stereocenters. The Morgan fingerprint density at radius 1 is 1.17 bits per heavy atom. The first-order valence-electron chi connectivity index (χ1n) is 7.28. The van der Waals surface area contributed by atoms with E-state index in [0.29, 0.717) is 29.0 Å². The molecule has 0 aliphatic rings. The number of nitriles is 1. The van der Waals surface area contributed by atoms with Crippen molar-refractivity contribution in [2.75, 3.05) is 6.54 Å². The maximum absolute atomic E-state index is 11.8. The molecular formula is C18H17ClN2O2. The van der Waals surface area contributed by atoms with Crippen LogP contribution in [-0.4, -0.2) is 17.6 Å². The van der Waals surface area contributed by atoms with Crippen LogP contribution in [0.4, 0.5) is 0 Å². The third kappa shape index (κ3) is 5.41. The summed E-state index contributed by atoms with van der Waals surface area (Å²) in [5, 5.41) is 22.1. The molecule has 0 fully saturated rings. The van der Waals surface area contributed by atoms with Crippen LogP contribution in [0.15, 0.2) is 48.5 Å². The summed E-state index contributed by atoms with van der Waals surface area (Å²) in [7, 11) is 0. The van der Waals surface area contributed by atoms with E-state index in [-0.39, 0.29) is 12.5 Å². The van der Waals surface area contributed by atoms with Crippen LogP contribution in [0.2, 0.25) is 5.02 Å². The van der Waals surface area contributed by atoms with Crippen LogP contribution in [0, 0.1) is 11.3 Å². The second-order valence-electron chi connectivity index (χ2n) is 5.18. The van der Waals surface area contributed by atoms with E-state index in [9.17, 15) is 9.90 Å². The van der Waals surface area contributed by atoms with Crippen LogP contribution in [0.3, 0.4) is 0 Å². The van der Waals surface area contributed by atoms with Crippen molar-refractivity contribution in [1.29, 1.82) is 5.26 Å². The predicted octanol–water partition coefficient (Wildman–Crippen LogP) is 2.99. The van der Waals surface area contributed by atoms with Crippen molar-refractivity contribution in [2.45, 2.75) is 18.9 Å². The highest BCUT2D eigenvalue weighted by Gasteiger charge is 2.09. The lowest BCUT2D eigenvalue weighted by molar-refractivity contribution is -0.121. The molecule has 23 heavy (non-hydrogen) atoms. The highest BCUT2D eigenvalue weighted by Crippen LogP contribution is 2.15. The number of halogens is 1. The molecule has 4 nitrogen and oxygen atoms in total. The zero-order valence-corrected chi connectivity index (χ0v) is 13.3. The van der Waals surface area contributed by atoms with Gasteiger partial charge in [-0.25, -0.2) is 0 Å². The van der Waals surface area contributed by atoms with Crippen molar-refractivity contribution in [3.63, 3.8) is 0 Å². The van der Waals surface area contributed by atoms with Gasteiger partial charge in [0.2, 0.25) is 5.91 Å². The van der Waals surface area contributed by atoms with Gasteiger partial charge in [-0.15, -0.1) is 0 Å². The quantitative estimate of drug-likeness (QED) is 0.856. The normalized spacial score (nSPS) is 11.5. The van der Waals surface area contributed by atoms with Crippen molar-refractivity contribution >= 4 is 17.5 Å². The Bertz CT molecular complexity index is 690. The second-order valence-corrected chi connectivity index (χ2v) is 5.62. The minimum Gasteiger partial charge on any atom is -0.387 e. The molecule has 0 aliphatic carbocycles. The molecule has 0 aromatic heterocycles. The van der Waals surface area contributed by atoms with Gasteiger partial charge in [0.25, 0.3) is 0 Å². The molecule has 2 aromatic carbocycles. The van der Waals surface area contributed by atoms with Gasteiger partial charge in [0, 0.05) is 18.0 Å². The van der Waals surface area contributed by atoms with Gasteiger partial charge in [0.1, 0.15) is 0 Å². The molecule has 0 heterocycles. The van der Waals surface area contributed by atoms with Crippen LogP contribution in [0.25, 0.3) is 0 Å². The Balaban J connectivity index is 1.76. The lowest BCUT2D eigenvalue weighted by Gasteiger charge is -2.12. The van der Waals surface area contributed by atoms with Gasteiger partial charge in [-0.05, 0) is 41.8 Å². The molecule has 0 saturated heterocycles. The summed E-state index contributed by atoms with van der Waals surface area (Å²) in [6.07, 6.45) is 0.166. The van der Waals surface area contributed by atoms with Gasteiger partial charge < -0.3 is 10.4 Å². The third-order valence-electron chi connectivity index (χ3n) is 3.47. The minimum atomic E-state index is -0.758. The Kier molecular flexibility index (Phi) is 6.16. The number of rotatable bonds is 6. The molecule has 0 aliphatic heterocycles. The summed E-state index contributed by atoms with van der Waals surface area (Å²) < 4.78 is 0. The topological polar surface area (TPSA) is 73.1 Å². The van der Waals surface area contributed by atoms with Gasteiger partial charge >= 0.3 is 0 Å². The maximum atomic E-state index is 11.8. The molecule has 1 amide bonds. The van der Waals surface area contributed by atoms with E-state index in [2.05, 4.69) is 11.4 Å². The molecule has 0 spiro atoms. The van der Waals surface area contributed by atoms with Crippen LogP contribution in [0.1, 0.15) is 29.2 Å². The number of carbonyl (C=O) groups excluding carboxylic acids is 1. The fourth-order valence-electron chi connectivity index (χ4n) is 2.11. The molecule has 1 atom stereocenters. The van der Waals surface area contributed by atoms with Crippen LogP contribution >= 0.6 is 11.6 Å². The van der Waals surface area contributed by atoms with E-state index >= 15 is 0 Å². The molecule has 118 valence electrons. The van der Waals surface area contributed by atoms with Gasteiger partial charge in [-0.1, -0.05) is 35.9 Å². The van der Waals surface area contributed by atoms with Crippen LogP contribution in [0.5, 0.6) is 0 Å². The monoisotopic (exact) mass is 328 g/mol. The zero-order valence-electron chi connectivity index (χ0n) is 12.5. The molecule has 2 N–H and O–H groups in total. The number of hydrogen-bond donors (Lipinski definition) is 2. The Hall–Kier alpha value is -2.35. The van der Waals surface area contributed by atoms with Crippen LogP contribution < -0.4 is 5.32 Å². The largest absolute Gasteiger partial charge is 0.387 e. The summed E-state index contributed by atoms with van der Waals surface area (Å²) in [6, 6.07) is 16.1. The standard InChI is InChI=1S/C18H17ClN2O2/c19-16-8-6-15(7-9-16)17(22)12-21-18(23)10-5-13-1-3-14(11-20)4-2-13/h1-4,6-9,17,22H,5,10,12H2,(H,21,23). The molecule has 0 radical (unpaired) electrons. The first-order chi connectivity index (χ1) is 11.1. The minimum absolute atomic E-state index is 0.123. The fraction of sp³-hybridized carbons (Fsp3) is 0.222. The van der Waals surface area contributed by atoms with E-state index < -0.39 is 6.10 Å². The van der Waals surface area contributed by atoms with E-state index in [1.807, 2.05) is 12.1 Å². The smallest absolute Gasteiger partial charge is 0.220 e. The predicted molar refractivity (Wildman–Crippen MR) is 88.9 cm³/mol. The number of carbonyl (C=O) groups is 1. The first-order valence-corrected chi connectivity index (χ1v) is 7.65. The molecular weight excluding hydrogens is 312 g/mol. The number of nitrogens with zero attached hydrogens (tertiary/aromatic N) is 1. The Morgan fingerprint density at radius 2 is 1.83 bits per heavy atom. The van der Waals surface area contributed by atoms with Gasteiger partial charge in [-0.3, -0.25) is 4.79 Å². The maximum Gasteiger partial charge on any atom is 0.220 e. The van der Waals surface area contributed by atoms with Gasteiger partial charge in [-0.2, -0.15) is 5.26 Å². The third-order valence-corrected chi connectivity index (χ3v) is 3.72. The summed E-state index contributed by atoms with van der Waals surface area (Å²) >= 11 is 5.79. The van der Waals surface area contributed by atoms with E-state index in [1.165, 1.54) is 0 Å². The van der Waals surface area contributed by atoms with Gasteiger partial charge in [0.15, 0.2) is 0 Å². The Morgan fingerprint density at radius 3 is 2.43 bits per heavy atom. The zero-order chi connectivity index (χ0) is 16.7. The molecule has 2 aromatic rings. The number of benzene rings is 2. The number of hydrogen-bond acceptors (Lipinski definition) is 3. The van der Waals surface area contributed by atoms with Crippen molar-refractivity contribution in [1.82, 2.24) is 5.32 Å². The molecule has 0 saturated carbocycles.